The summed E-state index contributed by atoms with van der Waals surface area (Å²) in [6.45, 7) is 10.9. The summed E-state index contributed by atoms with van der Waals surface area (Å²) in [7, 11) is 0. The Morgan fingerprint density at radius 3 is 2.64 bits per heavy atom. The quantitative estimate of drug-likeness (QED) is 0.497. The third-order valence-corrected chi connectivity index (χ3v) is 6.92. The molecule has 10 heteroatoms. The summed E-state index contributed by atoms with van der Waals surface area (Å²) >= 11 is 6.31. The number of carbonyl (C=O) groups excluding carboxylic acids is 1. The van der Waals surface area contributed by atoms with Gasteiger partial charge in [-0.05, 0) is 58.7 Å². The minimum atomic E-state index is -0.524. The fraction of sp³-hybridized carbons (Fsp3) is 0.538. The van der Waals surface area contributed by atoms with E-state index in [-0.39, 0.29) is 18.1 Å². The molecule has 5 rings (SSSR count). The first-order valence-electron chi connectivity index (χ1n) is 12.5. The van der Waals surface area contributed by atoms with Crippen molar-refractivity contribution >= 4 is 34.5 Å². The second-order valence-corrected chi connectivity index (χ2v) is 11.0. The van der Waals surface area contributed by atoms with Gasteiger partial charge in [-0.1, -0.05) is 17.7 Å². The molecule has 2 fully saturated rings. The van der Waals surface area contributed by atoms with Crippen LogP contribution in [0.3, 0.4) is 0 Å². The van der Waals surface area contributed by atoms with Gasteiger partial charge in [0.05, 0.1) is 16.8 Å². The number of piperazine rings is 1. The molecule has 1 amide bonds. The summed E-state index contributed by atoms with van der Waals surface area (Å²) in [5, 5.41) is 6.68. The van der Waals surface area contributed by atoms with Crippen LogP contribution in [0.5, 0.6) is 0 Å². The van der Waals surface area contributed by atoms with E-state index < -0.39 is 5.60 Å². The molecule has 192 valence electrons. The zero-order valence-electron chi connectivity index (χ0n) is 21.3. The number of benzene rings is 1. The topological polar surface area (TPSA) is 85.6 Å². The second-order valence-electron chi connectivity index (χ2n) is 10.5. The average Bonchev–Trinajstić information content (AvgIpc) is 3.24. The monoisotopic (exact) mass is 512 g/mol. The molecule has 36 heavy (non-hydrogen) atoms. The van der Waals surface area contributed by atoms with Crippen LogP contribution in [0.4, 0.5) is 10.6 Å². The van der Waals surface area contributed by atoms with E-state index in [9.17, 15) is 4.79 Å². The predicted octanol–water partition coefficient (Wildman–Crippen LogP) is 4.81. The summed E-state index contributed by atoms with van der Waals surface area (Å²) in [6.07, 6.45) is 3.12. The van der Waals surface area contributed by atoms with Crippen LogP contribution >= 0.6 is 11.6 Å². The molecule has 1 atom stereocenters. The Morgan fingerprint density at radius 2 is 1.94 bits per heavy atom. The Morgan fingerprint density at radius 1 is 1.17 bits per heavy atom. The highest BCUT2D eigenvalue weighted by Crippen LogP contribution is 2.37. The van der Waals surface area contributed by atoms with Gasteiger partial charge in [-0.25, -0.2) is 19.4 Å². The molecule has 0 spiro atoms. The summed E-state index contributed by atoms with van der Waals surface area (Å²) in [4.78, 5) is 26.2. The standard InChI is InChI=1S/C26H33ClN6O3/c1-17-15-31(25(34)36-26(2,3)4)10-11-32(17)23-21-22(18-8-12-35-13-9-18)30-33(24(21)29-16-28-23)20-7-5-6-19(27)14-20/h5-7,14,16-18H,8-13,15H2,1-4H3. The summed E-state index contributed by atoms with van der Waals surface area (Å²) in [5.74, 6) is 1.11. The summed E-state index contributed by atoms with van der Waals surface area (Å²) in [5.41, 5.74) is 2.08. The number of carbonyl (C=O) groups is 1. The molecular formula is C26H33ClN6O3. The van der Waals surface area contributed by atoms with E-state index in [1.54, 1.807) is 11.2 Å². The zero-order chi connectivity index (χ0) is 25.4. The SMILES string of the molecule is CC1CN(C(=O)OC(C)(C)C)CCN1c1ncnc2c1c(C1CCOCC1)nn2-c1cccc(Cl)c1. The Labute approximate surface area is 216 Å². The third-order valence-electron chi connectivity index (χ3n) is 6.68. The summed E-state index contributed by atoms with van der Waals surface area (Å²) in [6, 6.07) is 7.69. The van der Waals surface area contributed by atoms with Gasteiger partial charge in [0.2, 0.25) is 0 Å². The van der Waals surface area contributed by atoms with Crippen LogP contribution in [0.15, 0.2) is 30.6 Å². The van der Waals surface area contributed by atoms with Crippen LogP contribution in [0.25, 0.3) is 16.7 Å². The van der Waals surface area contributed by atoms with Crippen molar-refractivity contribution < 1.29 is 14.3 Å². The molecular weight excluding hydrogens is 480 g/mol. The maximum absolute atomic E-state index is 12.7. The highest BCUT2D eigenvalue weighted by atomic mass is 35.5. The number of hydrogen-bond donors (Lipinski definition) is 0. The van der Waals surface area contributed by atoms with Gasteiger partial charge in [0, 0.05) is 49.8 Å². The number of hydrogen-bond acceptors (Lipinski definition) is 7. The normalized spacial score (nSPS) is 19.6. The Hall–Kier alpha value is -2.91. The van der Waals surface area contributed by atoms with Crippen molar-refractivity contribution in [1.82, 2.24) is 24.6 Å². The molecule has 2 saturated heterocycles. The Kier molecular flexibility index (Phi) is 6.78. The van der Waals surface area contributed by atoms with Crippen molar-refractivity contribution in [2.24, 2.45) is 0 Å². The largest absolute Gasteiger partial charge is 0.444 e. The first kappa shape index (κ1) is 24.8. The highest BCUT2D eigenvalue weighted by Gasteiger charge is 2.34. The lowest BCUT2D eigenvalue weighted by Gasteiger charge is -2.41. The van der Waals surface area contributed by atoms with Crippen molar-refractivity contribution in [3.63, 3.8) is 0 Å². The van der Waals surface area contributed by atoms with Crippen molar-refractivity contribution in [2.75, 3.05) is 37.7 Å². The van der Waals surface area contributed by atoms with Crippen LogP contribution in [0.1, 0.15) is 52.1 Å². The van der Waals surface area contributed by atoms with Crippen molar-refractivity contribution in [2.45, 2.75) is 58.1 Å². The van der Waals surface area contributed by atoms with E-state index in [0.717, 1.165) is 41.1 Å². The third kappa shape index (κ3) is 4.99. The number of amides is 1. The van der Waals surface area contributed by atoms with Crippen LogP contribution in [-0.2, 0) is 9.47 Å². The fourth-order valence-corrected chi connectivity index (χ4v) is 5.17. The smallest absolute Gasteiger partial charge is 0.410 e. The van der Waals surface area contributed by atoms with E-state index in [4.69, 9.17) is 31.2 Å². The molecule has 9 nitrogen and oxygen atoms in total. The van der Waals surface area contributed by atoms with Crippen molar-refractivity contribution in [3.8, 4) is 5.69 Å². The predicted molar refractivity (Wildman–Crippen MR) is 139 cm³/mol. The van der Waals surface area contributed by atoms with Gasteiger partial charge in [0.15, 0.2) is 5.65 Å². The summed E-state index contributed by atoms with van der Waals surface area (Å²) < 4.78 is 13.1. The number of fused-ring (bicyclic) bond motifs is 1. The molecule has 2 aliphatic heterocycles. The van der Waals surface area contributed by atoms with Gasteiger partial charge in [-0.15, -0.1) is 0 Å². The number of anilines is 1. The molecule has 1 aromatic carbocycles. The van der Waals surface area contributed by atoms with E-state index >= 15 is 0 Å². The number of rotatable bonds is 3. The fourth-order valence-electron chi connectivity index (χ4n) is 4.99. The molecule has 2 aromatic heterocycles. The number of aromatic nitrogens is 4. The van der Waals surface area contributed by atoms with E-state index in [1.165, 1.54) is 0 Å². The van der Waals surface area contributed by atoms with Crippen LogP contribution < -0.4 is 4.90 Å². The minimum absolute atomic E-state index is 0.0430. The van der Waals surface area contributed by atoms with Gasteiger partial charge >= 0.3 is 6.09 Å². The molecule has 0 bridgehead atoms. The number of halogens is 1. The zero-order valence-corrected chi connectivity index (χ0v) is 22.0. The number of ether oxygens (including phenoxy) is 2. The molecule has 3 aromatic rings. The Balaban J connectivity index is 1.54. The molecule has 0 N–H and O–H groups in total. The van der Waals surface area contributed by atoms with Gasteiger partial charge in [0.25, 0.3) is 0 Å². The molecule has 0 radical (unpaired) electrons. The molecule has 2 aliphatic rings. The lowest BCUT2D eigenvalue weighted by atomic mass is 9.94. The highest BCUT2D eigenvalue weighted by molar-refractivity contribution is 6.30. The maximum atomic E-state index is 12.7. The first-order chi connectivity index (χ1) is 17.2. The van der Waals surface area contributed by atoms with E-state index in [0.29, 0.717) is 37.9 Å². The van der Waals surface area contributed by atoms with Gasteiger partial charge in [0.1, 0.15) is 17.7 Å². The molecule has 1 unspecified atom stereocenters. The molecule has 0 aliphatic carbocycles. The van der Waals surface area contributed by atoms with Crippen molar-refractivity contribution in [3.05, 3.63) is 41.3 Å². The molecule has 0 saturated carbocycles. The van der Waals surface area contributed by atoms with E-state index in [2.05, 4.69) is 16.8 Å². The van der Waals surface area contributed by atoms with E-state index in [1.807, 2.05) is 49.7 Å². The average molecular weight is 513 g/mol. The van der Waals surface area contributed by atoms with Gasteiger partial charge < -0.3 is 19.3 Å². The van der Waals surface area contributed by atoms with Crippen LogP contribution in [-0.4, -0.2) is 75.2 Å². The van der Waals surface area contributed by atoms with Crippen LogP contribution in [0, 0.1) is 0 Å². The first-order valence-corrected chi connectivity index (χ1v) is 12.9. The van der Waals surface area contributed by atoms with Gasteiger partial charge in [-0.2, -0.15) is 5.10 Å². The van der Waals surface area contributed by atoms with Crippen LogP contribution in [0.2, 0.25) is 5.02 Å². The Bertz CT molecular complexity index is 1250. The van der Waals surface area contributed by atoms with Crippen molar-refractivity contribution in [1.29, 1.82) is 0 Å². The number of nitrogens with zero attached hydrogens (tertiary/aromatic N) is 6. The molecule has 4 heterocycles. The minimum Gasteiger partial charge on any atom is -0.444 e. The maximum Gasteiger partial charge on any atom is 0.410 e. The lowest BCUT2D eigenvalue weighted by molar-refractivity contribution is 0.0218. The lowest BCUT2D eigenvalue weighted by Crippen LogP contribution is -2.54. The van der Waals surface area contributed by atoms with Gasteiger partial charge in [-0.3, -0.25) is 0 Å². The second kappa shape index (κ2) is 9.86.